The van der Waals surface area contributed by atoms with Gasteiger partial charge in [0.15, 0.2) is 0 Å². The topological polar surface area (TPSA) is 73.2 Å². The van der Waals surface area contributed by atoms with Crippen LogP contribution < -0.4 is 10.5 Å². The molecule has 0 radical (unpaired) electrons. The standard InChI is InChI=1S/C16H19N3O2/c1-3-20-8-7-19-13(11-17)10-15(18)16(19)21-14-6-4-5-12(2)9-14/h4-6,9-10H,3,7-8,18H2,1-2H3. The van der Waals surface area contributed by atoms with Crippen molar-refractivity contribution in [2.45, 2.75) is 20.4 Å². The molecule has 0 saturated heterocycles. The fourth-order valence-electron chi connectivity index (χ4n) is 2.07. The molecule has 5 heteroatoms. The van der Waals surface area contributed by atoms with E-state index in [0.29, 0.717) is 42.8 Å². The van der Waals surface area contributed by atoms with E-state index in [1.165, 1.54) is 0 Å². The smallest absolute Gasteiger partial charge is 0.224 e. The fourth-order valence-corrected chi connectivity index (χ4v) is 2.07. The van der Waals surface area contributed by atoms with Gasteiger partial charge >= 0.3 is 0 Å². The number of anilines is 1. The van der Waals surface area contributed by atoms with Crippen LogP contribution in [0.4, 0.5) is 5.69 Å². The first-order chi connectivity index (χ1) is 10.2. The molecule has 1 heterocycles. The van der Waals surface area contributed by atoms with E-state index < -0.39 is 0 Å². The minimum atomic E-state index is 0.449. The lowest BCUT2D eigenvalue weighted by molar-refractivity contribution is 0.137. The number of rotatable bonds is 6. The van der Waals surface area contributed by atoms with Crippen LogP contribution in [0, 0.1) is 18.3 Å². The van der Waals surface area contributed by atoms with Crippen LogP contribution in [0.25, 0.3) is 0 Å². The lowest BCUT2D eigenvalue weighted by Crippen LogP contribution is -2.09. The minimum absolute atomic E-state index is 0.449. The number of ether oxygens (including phenoxy) is 2. The number of hydrogen-bond donors (Lipinski definition) is 1. The second-order valence-electron chi connectivity index (χ2n) is 4.67. The highest BCUT2D eigenvalue weighted by Gasteiger charge is 2.15. The molecule has 110 valence electrons. The average Bonchev–Trinajstić information content (AvgIpc) is 2.76. The highest BCUT2D eigenvalue weighted by Crippen LogP contribution is 2.31. The second kappa shape index (κ2) is 6.82. The summed E-state index contributed by atoms with van der Waals surface area (Å²) in [5.41, 5.74) is 7.98. The van der Waals surface area contributed by atoms with Gasteiger partial charge in [0.1, 0.15) is 17.5 Å². The van der Waals surface area contributed by atoms with E-state index in [4.69, 9.17) is 15.2 Å². The van der Waals surface area contributed by atoms with Crippen LogP contribution in [0.3, 0.4) is 0 Å². The van der Waals surface area contributed by atoms with Crippen molar-refractivity contribution in [3.8, 4) is 17.7 Å². The highest BCUT2D eigenvalue weighted by atomic mass is 16.5. The van der Waals surface area contributed by atoms with Gasteiger partial charge < -0.3 is 15.2 Å². The van der Waals surface area contributed by atoms with E-state index in [1.54, 1.807) is 10.6 Å². The van der Waals surface area contributed by atoms with Crippen LogP contribution in [0.1, 0.15) is 18.2 Å². The van der Waals surface area contributed by atoms with E-state index in [-0.39, 0.29) is 0 Å². The zero-order chi connectivity index (χ0) is 15.2. The van der Waals surface area contributed by atoms with Gasteiger partial charge in [-0.15, -0.1) is 0 Å². The number of nitriles is 1. The third-order valence-corrected chi connectivity index (χ3v) is 3.06. The van der Waals surface area contributed by atoms with Crippen LogP contribution in [0.15, 0.2) is 30.3 Å². The summed E-state index contributed by atoms with van der Waals surface area (Å²) in [4.78, 5) is 0. The van der Waals surface area contributed by atoms with Crippen LogP contribution in [-0.2, 0) is 11.3 Å². The Bertz CT molecular complexity index is 656. The monoisotopic (exact) mass is 285 g/mol. The second-order valence-corrected chi connectivity index (χ2v) is 4.67. The SMILES string of the molecule is CCOCCn1c(C#N)cc(N)c1Oc1cccc(C)c1. The van der Waals surface area contributed by atoms with Gasteiger partial charge in [0, 0.05) is 12.7 Å². The number of benzene rings is 1. The van der Waals surface area contributed by atoms with Gasteiger partial charge in [0.2, 0.25) is 5.88 Å². The average molecular weight is 285 g/mol. The molecular formula is C16H19N3O2. The summed E-state index contributed by atoms with van der Waals surface area (Å²) < 4.78 is 13.0. The van der Waals surface area contributed by atoms with Gasteiger partial charge in [-0.3, -0.25) is 4.57 Å². The van der Waals surface area contributed by atoms with Gasteiger partial charge in [0.25, 0.3) is 0 Å². The first kappa shape index (κ1) is 14.9. The molecule has 0 fully saturated rings. The van der Waals surface area contributed by atoms with Crippen LogP contribution >= 0.6 is 0 Å². The van der Waals surface area contributed by atoms with E-state index in [1.807, 2.05) is 38.1 Å². The molecule has 0 unspecified atom stereocenters. The van der Waals surface area contributed by atoms with Crippen molar-refractivity contribution >= 4 is 5.69 Å². The Morgan fingerprint density at radius 3 is 2.81 bits per heavy atom. The Hall–Kier alpha value is -2.45. The first-order valence-corrected chi connectivity index (χ1v) is 6.87. The summed E-state index contributed by atoms with van der Waals surface area (Å²) >= 11 is 0. The van der Waals surface area contributed by atoms with Gasteiger partial charge in [-0.1, -0.05) is 12.1 Å². The molecule has 0 saturated carbocycles. The lowest BCUT2D eigenvalue weighted by atomic mass is 10.2. The molecule has 0 aliphatic rings. The molecular weight excluding hydrogens is 266 g/mol. The van der Waals surface area contributed by atoms with Crippen molar-refractivity contribution < 1.29 is 9.47 Å². The number of nitrogens with zero attached hydrogens (tertiary/aromatic N) is 2. The maximum Gasteiger partial charge on any atom is 0.224 e. The zero-order valence-electron chi connectivity index (χ0n) is 12.3. The predicted octanol–water partition coefficient (Wildman–Crippen LogP) is 3.08. The van der Waals surface area contributed by atoms with Crippen molar-refractivity contribution in [3.05, 3.63) is 41.6 Å². The maximum atomic E-state index is 9.20. The molecule has 0 aliphatic carbocycles. The van der Waals surface area contributed by atoms with E-state index >= 15 is 0 Å². The normalized spacial score (nSPS) is 10.3. The fraction of sp³-hybridized carbons (Fsp3) is 0.312. The summed E-state index contributed by atoms with van der Waals surface area (Å²) in [6, 6.07) is 11.4. The molecule has 2 N–H and O–H groups in total. The number of hydrogen-bond acceptors (Lipinski definition) is 4. The summed E-state index contributed by atoms with van der Waals surface area (Å²) in [7, 11) is 0. The molecule has 21 heavy (non-hydrogen) atoms. The first-order valence-electron chi connectivity index (χ1n) is 6.87. The van der Waals surface area contributed by atoms with Crippen molar-refractivity contribution in [1.29, 1.82) is 5.26 Å². The summed E-state index contributed by atoms with van der Waals surface area (Å²) in [6.07, 6.45) is 0. The Morgan fingerprint density at radius 1 is 1.33 bits per heavy atom. The van der Waals surface area contributed by atoms with E-state index in [9.17, 15) is 5.26 Å². The number of nitrogens with two attached hydrogens (primary N) is 1. The molecule has 0 atom stereocenters. The van der Waals surface area contributed by atoms with Gasteiger partial charge in [-0.2, -0.15) is 5.26 Å². The van der Waals surface area contributed by atoms with Crippen molar-refractivity contribution in [2.75, 3.05) is 18.9 Å². The molecule has 2 rings (SSSR count). The summed E-state index contributed by atoms with van der Waals surface area (Å²) in [5, 5.41) is 9.20. The summed E-state index contributed by atoms with van der Waals surface area (Å²) in [5.74, 6) is 1.18. The quantitative estimate of drug-likeness (QED) is 0.828. The lowest BCUT2D eigenvalue weighted by Gasteiger charge is -2.12. The van der Waals surface area contributed by atoms with Crippen molar-refractivity contribution in [3.63, 3.8) is 0 Å². The molecule has 1 aromatic carbocycles. The Labute approximate surface area is 124 Å². The third kappa shape index (κ3) is 3.56. The van der Waals surface area contributed by atoms with E-state index in [0.717, 1.165) is 5.56 Å². The summed E-state index contributed by atoms with van der Waals surface area (Å²) in [6.45, 7) is 5.58. The number of nitrogen functional groups attached to an aromatic ring is 1. The van der Waals surface area contributed by atoms with Gasteiger partial charge in [-0.05, 0) is 31.5 Å². The Balaban J connectivity index is 2.29. The molecule has 0 aliphatic heterocycles. The molecule has 1 aromatic heterocycles. The van der Waals surface area contributed by atoms with Crippen molar-refractivity contribution in [2.24, 2.45) is 0 Å². The maximum absolute atomic E-state index is 9.20. The van der Waals surface area contributed by atoms with Gasteiger partial charge in [-0.25, -0.2) is 0 Å². The molecule has 0 spiro atoms. The number of aromatic nitrogens is 1. The van der Waals surface area contributed by atoms with Crippen LogP contribution in [0.2, 0.25) is 0 Å². The molecule has 2 aromatic rings. The van der Waals surface area contributed by atoms with Crippen molar-refractivity contribution in [1.82, 2.24) is 4.57 Å². The van der Waals surface area contributed by atoms with Crippen LogP contribution in [0.5, 0.6) is 11.6 Å². The molecule has 0 amide bonds. The minimum Gasteiger partial charge on any atom is -0.439 e. The predicted molar refractivity (Wildman–Crippen MR) is 81.3 cm³/mol. The Kier molecular flexibility index (Phi) is 4.85. The third-order valence-electron chi connectivity index (χ3n) is 3.06. The van der Waals surface area contributed by atoms with E-state index in [2.05, 4.69) is 6.07 Å². The Morgan fingerprint density at radius 2 is 2.14 bits per heavy atom. The molecule has 5 nitrogen and oxygen atoms in total. The zero-order valence-corrected chi connectivity index (χ0v) is 12.3. The highest BCUT2D eigenvalue weighted by molar-refractivity contribution is 5.56. The molecule has 0 bridgehead atoms. The largest absolute Gasteiger partial charge is 0.439 e. The van der Waals surface area contributed by atoms with Crippen LogP contribution in [-0.4, -0.2) is 17.8 Å². The van der Waals surface area contributed by atoms with Gasteiger partial charge in [0.05, 0.1) is 18.8 Å². The number of aryl methyl sites for hydroxylation is 1.